The normalized spacial score (nSPS) is 13.3. The lowest BCUT2D eigenvalue weighted by Crippen LogP contribution is -2.22. The summed E-state index contributed by atoms with van der Waals surface area (Å²) in [5, 5.41) is -0.483. The van der Waals surface area contributed by atoms with Gasteiger partial charge in [-0.05, 0) is 50.7 Å². The molecule has 3 aromatic rings. The van der Waals surface area contributed by atoms with Gasteiger partial charge in [0.05, 0.1) is 21.5 Å². The second-order valence-electron chi connectivity index (χ2n) is 6.05. The average Bonchev–Trinajstić information content (AvgIpc) is 2.99. The van der Waals surface area contributed by atoms with E-state index in [9.17, 15) is 18.0 Å². The molecule has 26 heavy (non-hydrogen) atoms. The molecule has 1 unspecified atom stereocenters. The lowest BCUT2D eigenvalue weighted by atomic mass is 10.1. The lowest BCUT2D eigenvalue weighted by molar-refractivity contribution is -0.136. The zero-order valence-corrected chi connectivity index (χ0v) is 15.9. The van der Waals surface area contributed by atoms with E-state index in [1.807, 2.05) is 26.8 Å². The van der Waals surface area contributed by atoms with E-state index in [-0.39, 0.29) is 22.2 Å². The number of hydrogen-bond donors (Lipinski definition) is 1. The maximum atomic E-state index is 13.7. The molecule has 9 heteroatoms. The fourth-order valence-electron chi connectivity index (χ4n) is 2.76. The first-order valence-electron chi connectivity index (χ1n) is 7.97. The number of nitrogens with zero attached hydrogens (tertiary/aromatic N) is 2. The van der Waals surface area contributed by atoms with Crippen molar-refractivity contribution in [2.24, 2.45) is 0 Å². The van der Waals surface area contributed by atoms with Gasteiger partial charge in [-0.2, -0.15) is 13.2 Å². The van der Waals surface area contributed by atoms with E-state index >= 15 is 0 Å². The molecule has 138 valence electrons. The minimum Gasteiger partial charge on any atom is -0.300 e. The standard InChI is InChI=1S/C17H16F3N3OS2/c1-4-8(2)23-14-13(15(24)22-16(23)25)10(17(18,19)20)7-11(21-14)12-6-5-9(3)26-12/h5-8H,4H2,1-3H3,(H,22,24,25). The van der Waals surface area contributed by atoms with Crippen LogP contribution in [-0.2, 0) is 6.18 Å². The summed E-state index contributed by atoms with van der Waals surface area (Å²) in [5.74, 6) is 0. The van der Waals surface area contributed by atoms with Crippen molar-refractivity contribution in [1.29, 1.82) is 0 Å². The quantitative estimate of drug-likeness (QED) is 0.593. The Labute approximate surface area is 156 Å². The Kier molecular flexibility index (Phi) is 4.78. The Bertz CT molecular complexity index is 1100. The highest BCUT2D eigenvalue weighted by molar-refractivity contribution is 7.71. The van der Waals surface area contributed by atoms with E-state index in [2.05, 4.69) is 9.97 Å². The molecule has 3 rings (SSSR count). The molecule has 0 fully saturated rings. The number of fused-ring (bicyclic) bond motifs is 1. The number of hydrogen-bond acceptors (Lipinski definition) is 4. The van der Waals surface area contributed by atoms with Gasteiger partial charge in [0.25, 0.3) is 5.56 Å². The van der Waals surface area contributed by atoms with Gasteiger partial charge in [0.2, 0.25) is 0 Å². The number of rotatable bonds is 3. The Morgan fingerprint density at radius 1 is 1.38 bits per heavy atom. The molecular formula is C17H16F3N3OS2. The van der Waals surface area contributed by atoms with E-state index in [0.29, 0.717) is 11.3 Å². The molecule has 0 aliphatic rings. The van der Waals surface area contributed by atoms with Crippen LogP contribution in [0.1, 0.15) is 36.8 Å². The van der Waals surface area contributed by atoms with Crippen molar-refractivity contribution in [3.05, 3.63) is 43.8 Å². The predicted octanol–water partition coefficient (Wildman–Crippen LogP) is 5.48. The Hall–Kier alpha value is -2.00. The first-order chi connectivity index (χ1) is 12.1. The van der Waals surface area contributed by atoms with Crippen molar-refractivity contribution in [3.63, 3.8) is 0 Å². The van der Waals surface area contributed by atoms with Crippen LogP contribution >= 0.6 is 23.6 Å². The third-order valence-electron chi connectivity index (χ3n) is 4.22. The smallest absolute Gasteiger partial charge is 0.300 e. The topological polar surface area (TPSA) is 50.7 Å². The van der Waals surface area contributed by atoms with Gasteiger partial charge >= 0.3 is 6.18 Å². The zero-order chi connectivity index (χ0) is 19.2. The number of pyridine rings is 1. The number of halogens is 3. The van der Waals surface area contributed by atoms with Gasteiger partial charge < -0.3 is 0 Å². The summed E-state index contributed by atoms with van der Waals surface area (Å²) in [5.41, 5.74) is -1.74. The lowest BCUT2D eigenvalue weighted by Gasteiger charge is -2.19. The molecule has 0 saturated carbocycles. The van der Waals surface area contributed by atoms with Crippen LogP contribution in [0.5, 0.6) is 0 Å². The molecule has 0 aromatic carbocycles. The number of thiophene rings is 1. The second-order valence-corrected chi connectivity index (χ2v) is 7.72. The fraction of sp³-hybridized carbons (Fsp3) is 0.353. The molecule has 3 aromatic heterocycles. The number of H-pyrrole nitrogens is 1. The highest BCUT2D eigenvalue weighted by atomic mass is 32.1. The maximum Gasteiger partial charge on any atom is 0.417 e. The van der Waals surface area contributed by atoms with Crippen LogP contribution in [0.3, 0.4) is 0 Å². The van der Waals surface area contributed by atoms with E-state index < -0.39 is 22.7 Å². The molecule has 3 heterocycles. The molecule has 0 aliphatic heterocycles. The Balaban J connectivity index is 2.51. The van der Waals surface area contributed by atoms with Crippen molar-refractivity contribution >= 4 is 34.6 Å². The third-order valence-corrected chi connectivity index (χ3v) is 5.55. The highest BCUT2D eigenvalue weighted by Crippen LogP contribution is 2.37. The molecule has 0 amide bonds. The van der Waals surface area contributed by atoms with Crippen molar-refractivity contribution in [2.75, 3.05) is 0 Å². The molecule has 1 N–H and O–H groups in total. The molecule has 1 atom stereocenters. The monoisotopic (exact) mass is 399 g/mol. The van der Waals surface area contributed by atoms with Gasteiger partial charge in [-0.25, -0.2) is 4.98 Å². The van der Waals surface area contributed by atoms with Gasteiger partial charge in [-0.1, -0.05) is 6.92 Å². The van der Waals surface area contributed by atoms with Crippen LogP contribution in [0.25, 0.3) is 21.6 Å². The molecule has 0 bridgehead atoms. The number of aryl methyl sites for hydroxylation is 1. The van der Waals surface area contributed by atoms with Gasteiger partial charge in [-0.15, -0.1) is 11.3 Å². The average molecular weight is 399 g/mol. The summed E-state index contributed by atoms with van der Waals surface area (Å²) in [6.45, 7) is 5.58. The highest BCUT2D eigenvalue weighted by Gasteiger charge is 2.36. The van der Waals surface area contributed by atoms with Crippen molar-refractivity contribution in [3.8, 4) is 10.6 Å². The summed E-state index contributed by atoms with van der Waals surface area (Å²) in [6.07, 6.45) is -4.06. The summed E-state index contributed by atoms with van der Waals surface area (Å²) in [7, 11) is 0. The molecule has 4 nitrogen and oxygen atoms in total. The first-order valence-corrected chi connectivity index (χ1v) is 9.19. The number of aromatic amines is 1. The maximum absolute atomic E-state index is 13.7. The molecule has 0 saturated heterocycles. The molecule has 0 spiro atoms. The van der Waals surface area contributed by atoms with Gasteiger partial charge in [0, 0.05) is 10.9 Å². The van der Waals surface area contributed by atoms with Crippen LogP contribution in [0.4, 0.5) is 13.2 Å². The van der Waals surface area contributed by atoms with Crippen molar-refractivity contribution in [1.82, 2.24) is 14.5 Å². The minimum absolute atomic E-state index is 0.0380. The van der Waals surface area contributed by atoms with Crippen LogP contribution < -0.4 is 5.56 Å². The number of alkyl halides is 3. The Morgan fingerprint density at radius 2 is 2.08 bits per heavy atom. The summed E-state index contributed by atoms with van der Waals surface area (Å²) < 4.78 is 42.7. The van der Waals surface area contributed by atoms with E-state index in [1.54, 1.807) is 6.07 Å². The van der Waals surface area contributed by atoms with Gasteiger partial charge in [0.1, 0.15) is 5.65 Å². The number of aromatic nitrogens is 3. The summed E-state index contributed by atoms with van der Waals surface area (Å²) in [4.78, 5) is 20.6. The first kappa shape index (κ1) is 18.8. The van der Waals surface area contributed by atoms with E-state index in [1.165, 1.54) is 15.9 Å². The largest absolute Gasteiger partial charge is 0.417 e. The van der Waals surface area contributed by atoms with Crippen LogP contribution in [0.15, 0.2) is 23.0 Å². The van der Waals surface area contributed by atoms with Gasteiger partial charge in [0.15, 0.2) is 4.77 Å². The Morgan fingerprint density at radius 3 is 2.62 bits per heavy atom. The summed E-state index contributed by atoms with van der Waals surface area (Å²) in [6, 6.07) is 4.27. The van der Waals surface area contributed by atoms with Crippen LogP contribution in [-0.4, -0.2) is 14.5 Å². The van der Waals surface area contributed by atoms with Crippen molar-refractivity contribution in [2.45, 2.75) is 39.4 Å². The van der Waals surface area contributed by atoms with Crippen LogP contribution in [0, 0.1) is 11.7 Å². The molecule has 0 radical (unpaired) electrons. The zero-order valence-electron chi connectivity index (χ0n) is 14.3. The minimum atomic E-state index is -4.69. The molecule has 0 aliphatic carbocycles. The van der Waals surface area contributed by atoms with Crippen molar-refractivity contribution < 1.29 is 13.2 Å². The van der Waals surface area contributed by atoms with Crippen LogP contribution in [0.2, 0.25) is 0 Å². The molecular weight excluding hydrogens is 383 g/mol. The third kappa shape index (κ3) is 3.21. The predicted molar refractivity (Wildman–Crippen MR) is 99.2 cm³/mol. The van der Waals surface area contributed by atoms with Gasteiger partial charge in [-0.3, -0.25) is 14.3 Å². The van der Waals surface area contributed by atoms with E-state index in [0.717, 1.165) is 10.9 Å². The van der Waals surface area contributed by atoms with E-state index in [4.69, 9.17) is 12.2 Å². The fourth-order valence-corrected chi connectivity index (χ4v) is 3.95. The SMILES string of the molecule is CCC(C)n1c(=S)[nH]c(=O)c2c(C(F)(F)F)cc(-c3ccc(C)s3)nc21. The second kappa shape index (κ2) is 6.62. The summed E-state index contributed by atoms with van der Waals surface area (Å²) >= 11 is 6.55. The number of nitrogens with one attached hydrogen (secondary N) is 1.